The minimum absolute atomic E-state index is 0.101. The van der Waals surface area contributed by atoms with Crippen LogP contribution in [0.3, 0.4) is 0 Å². The number of nitrogens with one attached hydrogen (secondary N) is 1. The highest BCUT2D eigenvalue weighted by atomic mass is 16.2. The Morgan fingerprint density at radius 3 is 2.23 bits per heavy atom. The number of hydrogen-bond acceptors (Lipinski definition) is 4. The maximum absolute atomic E-state index is 13.0. The third-order valence-corrected chi connectivity index (χ3v) is 5.08. The summed E-state index contributed by atoms with van der Waals surface area (Å²) >= 11 is 0. The quantitative estimate of drug-likeness (QED) is 0.539. The largest absolute Gasteiger partial charge is 0.335 e. The van der Waals surface area contributed by atoms with Crippen molar-refractivity contribution < 1.29 is 14.4 Å². The molecule has 150 valence electrons. The third-order valence-electron chi connectivity index (χ3n) is 5.08. The molecule has 1 N–H and O–H groups in total. The highest BCUT2D eigenvalue weighted by Crippen LogP contribution is 2.26. The Bertz CT molecular complexity index is 1190. The molecule has 7 nitrogen and oxygen atoms in total. The summed E-state index contributed by atoms with van der Waals surface area (Å²) in [5.74, 6) is -1.38. The summed E-state index contributed by atoms with van der Waals surface area (Å²) in [6.07, 6.45) is 4.49. The van der Waals surface area contributed by atoms with Gasteiger partial charge in [0, 0.05) is 29.5 Å². The number of nitrogens with zero attached hydrogens (tertiary/aromatic N) is 3. The number of rotatable bonds is 3. The van der Waals surface area contributed by atoms with Crippen molar-refractivity contribution in [3.63, 3.8) is 0 Å². The number of carbonyl (C=O) groups excluding carboxylic acids is 3. The summed E-state index contributed by atoms with van der Waals surface area (Å²) in [4.78, 5) is 42.6. The molecular formula is C23H20N4O3. The molecule has 0 spiro atoms. The molecule has 1 fully saturated rings. The predicted molar refractivity (Wildman–Crippen MR) is 113 cm³/mol. The van der Waals surface area contributed by atoms with Crippen LogP contribution in [0.4, 0.5) is 10.5 Å². The predicted octanol–water partition coefficient (Wildman–Crippen LogP) is 3.46. The minimum atomic E-state index is -0.779. The summed E-state index contributed by atoms with van der Waals surface area (Å²) in [6, 6.07) is 12.3. The Morgan fingerprint density at radius 2 is 1.57 bits per heavy atom. The molecule has 4 amide bonds. The van der Waals surface area contributed by atoms with Crippen LogP contribution in [0.5, 0.6) is 0 Å². The molecule has 0 bridgehead atoms. The maximum atomic E-state index is 13.0. The van der Waals surface area contributed by atoms with E-state index in [2.05, 4.69) is 14.9 Å². The molecule has 30 heavy (non-hydrogen) atoms. The van der Waals surface area contributed by atoms with Gasteiger partial charge in [0.05, 0.1) is 5.69 Å². The van der Waals surface area contributed by atoms with Crippen molar-refractivity contribution in [1.29, 1.82) is 0 Å². The van der Waals surface area contributed by atoms with Gasteiger partial charge in [-0.2, -0.15) is 0 Å². The topological polar surface area (TPSA) is 84.3 Å². The van der Waals surface area contributed by atoms with Gasteiger partial charge in [-0.3, -0.25) is 19.9 Å². The Hall–Kier alpha value is -4.00. The van der Waals surface area contributed by atoms with E-state index in [1.165, 1.54) is 30.6 Å². The molecular weight excluding hydrogens is 380 g/mol. The van der Waals surface area contributed by atoms with E-state index in [4.69, 9.17) is 0 Å². The molecule has 7 heteroatoms. The lowest BCUT2D eigenvalue weighted by Crippen LogP contribution is -2.54. The van der Waals surface area contributed by atoms with Crippen LogP contribution in [0.2, 0.25) is 0 Å². The van der Waals surface area contributed by atoms with Crippen LogP contribution in [0, 0.1) is 20.8 Å². The first-order valence-corrected chi connectivity index (χ1v) is 9.44. The Balaban J connectivity index is 1.76. The number of imide groups is 2. The number of aromatic nitrogens is 2. The van der Waals surface area contributed by atoms with Crippen molar-refractivity contribution in [2.75, 3.05) is 4.90 Å². The zero-order valence-electron chi connectivity index (χ0n) is 16.8. The lowest BCUT2D eigenvalue weighted by atomic mass is 10.1. The van der Waals surface area contributed by atoms with Crippen LogP contribution < -0.4 is 10.2 Å². The monoisotopic (exact) mass is 400 g/mol. The number of urea groups is 1. The molecule has 0 radical (unpaired) electrons. The molecule has 0 atom stereocenters. The maximum Gasteiger partial charge on any atom is 0.335 e. The van der Waals surface area contributed by atoms with Gasteiger partial charge in [0.1, 0.15) is 5.57 Å². The van der Waals surface area contributed by atoms with Crippen LogP contribution in [0.15, 0.2) is 60.4 Å². The van der Waals surface area contributed by atoms with Crippen molar-refractivity contribution >= 4 is 29.6 Å². The molecule has 3 aromatic rings. The summed E-state index contributed by atoms with van der Waals surface area (Å²) in [6.45, 7) is 5.92. The molecule has 0 saturated carbocycles. The molecule has 4 rings (SSSR count). The Kier molecular flexibility index (Phi) is 4.79. The fourth-order valence-corrected chi connectivity index (χ4v) is 3.57. The van der Waals surface area contributed by atoms with Crippen molar-refractivity contribution in [3.8, 4) is 5.69 Å². The van der Waals surface area contributed by atoms with Gasteiger partial charge in [-0.1, -0.05) is 17.7 Å². The lowest BCUT2D eigenvalue weighted by molar-refractivity contribution is -0.122. The molecule has 1 aliphatic rings. The highest BCUT2D eigenvalue weighted by molar-refractivity contribution is 6.39. The van der Waals surface area contributed by atoms with Crippen molar-refractivity contribution in [2.24, 2.45) is 0 Å². The number of benzene rings is 1. The smallest absolute Gasteiger partial charge is 0.318 e. The molecule has 0 unspecified atom stereocenters. The van der Waals surface area contributed by atoms with Crippen LogP contribution in [0.25, 0.3) is 11.8 Å². The number of amides is 4. The van der Waals surface area contributed by atoms with Gasteiger partial charge in [0.25, 0.3) is 11.8 Å². The van der Waals surface area contributed by atoms with E-state index < -0.39 is 17.8 Å². The van der Waals surface area contributed by atoms with Crippen LogP contribution >= 0.6 is 0 Å². The molecule has 1 aliphatic heterocycles. The van der Waals surface area contributed by atoms with E-state index in [1.54, 1.807) is 0 Å². The van der Waals surface area contributed by atoms with Gasteiger partial charge < -0.3 is 4.57 Å². The van der Waals surface area contributed by atoms with Crippen molar-refractivity contribution in [3.05, 3.63) is 82.9 Å². The normalized spacial score (nSPS) is 15.6. The van der Waals surface area contributed by atoms with E-state index in [9.17, 15) is 14.4 Å². The SMILES string of the molecule is Cc1ccc(-n2c(C)cc(/C=C3/C(=O)NC(=O)N(c4ccncc4)C3=O)c2C)cc1. The third kappa shape index (κ3) is 3.30. The fourth-order valence-electron chi connectivity index (χ4n) is 3.57. The molecule has 1 aromatic carbocycles. The van der Waals surface area contributed by atoms with Crippen molar-refractivity contribution in [1.82, 2.24) is 14.9 Å². The standard InChI is InChI=1S/C23H20N4O3/c1-14-4-6-18(7-5-14)26-15(2)12-17(16(26)3)13-20-21(28)25-23(30)27(22(20)29)19-8-10-24-11-9-19/h4-13H,1-3H3,(H,25,28,30)/b20-13-. The van der Waals surface area contributed by atoms with E-state index >= 15 is 0 Å². The fraction of sp³-hybridized carbons (Fsp3) is 0.130. The zero-order valence-corrected chi connectivity index (χ0v) is 16.8. The summed E-state index contributed by atoms with van der Waals surface area (Å²) in [5.41, 5.74) is 4.98. The number of aryl methyl sites for hydroxylation is 2. The van der Waals surface area contributed by atoms with E-state index in [-0.39, 0.29) is 5.57 Å². The first-order valence-electron chi connectivity index (χ1n) is 9.44. The first-order chi connectivity index (χ1) is 14.4. The number of pyridine rings is 1. The first kappa shape index (κ1) is 19.3. The second kappa shape index (κ2) is 7.44. The molecule has 3 heterocycles. The van der Waals surface area contributed by atoms with Crippen LogP contribution in [-0.2, 0) is 9.59 Å². The van der Waals surface area contributed by atoms with Gasteiger partial charge >= 0.3 is 6.03 Å². The van der Waals surface area contributed by atoms with Crippen LogP contribution in [0.1, 0.15) is 22.5 Å². The van der Waals surface area contributed by atoms with Crippen molar-refractivity contribution in [2.45, 2.75) is 20.8 Å². The van der Waals surface area contributed by atoms with Gasteiger partial charge in [-0.05, 0) is 62.7 Å². The number of hydrogen-bond donors (Lipinski definition) is 1. The molecule has 0 aliphatic carbocycles. The Morgan fingerprint density at radius 1 is 0.900 bits per heavy atom. The molecule has 1 saturated heterocycles. The molecule has 2 aromatic heterocycles. The zero-order chi connectivity index (χ0) is 21.4. The number of barbiturate groups is 1. The number of carbonyl (C=O) groups is 3. The minimum Gasteiger partial charge on any atom is -0.318 e. The van der Waals surface area contributed by atoms with Gasteiger partial charge in [-0.15, -0.1) is 0 Å². The highest BCUT2D eigenvalue weighted by Gasteiger charge is 2.37. The van der Waals surface area contributed by atoms with E-state index in [0.717, 1.165) is 33.1 Å². The summed E-state index contributed by atoms with van der Waals surface area (Å²) < 4.78 is 2.06. The Labute approximate surface area is 173 Å². The number of anilines is 1. The second-order valence-corrected chi connectivity index (χ2v) is 7.16. The van der Waals surface area contributed by atoms with Gasteiger partial charge in [0.2, 0.25) is 0 Å². The summed E-state index contributed by atoms with van der Waals surface area (Å²) in [7, 11) is 0. The second-order valence-electron chi connectivity index (χ2n) is 7.16. The summed E-state index contributed by atoms with van der Waals surface area (Å²) in [5, 5.41) is 2.24. The van der Waals surface area contributed by atoms with Gasteiger partial charge in [0.15, 0.2) is 0 Å². The van der Waals surface area contributed by atoms with E-state index in [1.807, 2.05) is 51.1 Å². The average Bonchev–Trinajstić information content (AvgIpc) is 3.00. The lowest BCUT2D eigenvalue weighted by Gasteiger charge is -2.26. The van der Waals surface area contributed by atoms with Crippen LogP contribution in [-0.4, -0.2) is 27.4 Å². The van der Waals surface area contributed by atoms with E-state index in [0.29, 0.717) is 5.69 Å². The average molecular weight is 400 g/mol. The van der Waals surface area contributed by atoms with Gasteiger partial charge in [-0.25, -0.2) is 9.69 Å².